The van der Waals surface area contributed by atoms with Crippen LogP contribution in [-0.4, -0.2) is 50.1 Å². The molecule has 0 aliphatic carbocycles. The SMILES string of the molecule is COc1cccc(N2CCN(C(=O)c3ccoc3CN3c4ccccc4CC3C)CC2)c1. The summed E-state index contributed by atoms with van der Waals surface area (Å²) >= 11 is 0. The molecular formula is C26H29N3O3. The first-order valence-electron chi connectivity index (χ1n) is 11.2. The molecule has 2 aliphatic rings. The van der Waals surface area contributed by atoms with E-state index in [1.54, 1.807) is 13.4 Å². The van der Waals surface area contributed by atoms with Crippen LogP contribution in [-0.2, 0) is 13.0 Å². The minimum atomic E-state index is 0.0548. The van der Waals surface area contributed by atoms with Gasteiger partial charge in [-0.2, -0.15) is 0 Å². The summed E-state index contributed by atoms with van der Waals surface area (Å²) in [7, 11) is 1.68. The standard InChI is InChI=1S/C26H29N3O3/c1-19-16-20-6-3-4-9-24(20)29(19)18-25-23(10-15-32-25)26(30)28-13-11-27(12-14-28)21-7-5-8-22(17-21)31-2/h3-10,15,17,19H,11-14,16,18H2,1-2H3. The minimum absolute atomic E-state index is 0.0548. The normalized spacial score (nSPS) is 18.1. The highest BCUT2D eigenvalue weighted by Crippen LogP contribution is 2.34. The van der Waals surface area contributed by atoms with Crippen LogP contribution in [0.1, 0.15) is 28.6 Å². The molecule has 3 aromatic rings. The number of hydrogen-bond acceptors (Lipinski definition) is 5. The van der Waals surface area contributed by atoms with Crippen LogP contribution in [0.3, 0.4) is 0 Å². The molecule has 1 fully saturated rings. The van der Waals surface area contributed by atoms with Gasteiger partial charge in [0.05, 0.1) is 25.5 Å². The Morgan fingerprint density at radius 3 is 2.69 bits per heavy atom. The average molecular weight is 432 g/mol. The molecule has 32 heavy (non-hydrogen) atoms. The van der Waals surface area contributed by atoms with Gasteiger partial charge in [0, 0.05) is 49.7 Å². The van der Waals surface area contributed by atoms with Crippen molar-refractivity contribution in [1.29, 1.82) is 0 Å². The smallest absolute Gasteiger partial charge is 0.257 e. The number of nitrogens with zero attached hydrogens (tertiary/aromatic N) is 3. The quantitative estimate of drug-likeness (QED) is 0.606. The lowest BCUT2D eigenvalue weighted by molar-refractivity contribution is 0.0744. The van der Waals surface area contributed by atoms with E-state index in [0.717, 1.165) is 36.7 Å². The third kappa shape index (κ3) is 3.81. The van der Waals surface area contributed by atoms with Gasteiger partial charge in [-0.3, -0.25) is 4.79 Å². The van der Waals surface area contributed by atoms with Crippen LogP contribution in [0.15, 0.2) is 65.3 Å². The van der Waals surface area contributed by atoms with Crippen LogP contribution >= 0.6 is 0 Å². The van der Waals surface area contributed by atoms with E-state index >= 15 is 0 Å². The lowest BCUT2D eigenvalue weighted by Gasteiger charge is -2.36. The lowest BCUT2D eigenvalue weighted by atomic mass is 10.1. The largest absolute Gasteiger partial charge is 0.497 e. The van der Waals surface area contributed by atoms with Gasteiger partial charge in [0.25, 0.3) is 5.91 Å². The van der Waals surface area contributed by atoms with E-state index in [2.05, 4.69) is 47.1 Å². The van der Waals surface area contributed by atoms with Gasteiger partial charge in [-0.15, -0.1) is 0 Å². The maximum absolute atomic E-state index is 13.3. The van der Waals surface area contributed by atoms with Gasteiger partial charge < -0.3 is 23.9 Å². The van der Waals surface area contributed by atoms with Crippen LogP contribution < -0.4 is 14.5 Å². The molecule has 0 N–H and O–H groups in total. The van der Waals surface area contributed by atoms with Crippen LogP contribution in [0.2, 0.25) is 0 Å². The van der Waals surface area contributed by atoms with Crippen molar-refractivity contribution >= 4 is 17.3 Å². The molecule has 1 aromatic heterocycles. The van der Waals surface area contributed by atoms with Crippen LogP contribution in [0.5, 0.6) is 5.75 Å². The zero-order valence-corrected chi connectivity index (χ0v) is 18.7. The summed E-state index contributed by atoms with van der Waals surface area (Å²) in [5.74, 6) is 1.65. The number of benzene rings is 2. The van der Waals surface area contributed by atoms with E-state index in [-0.39, 0.29) is 5.91 Å². The lowest BCUT2D eigenvalue weighted by Crippen LogP contribution is -2.49. The average Bonchev–Trinajstić information content (AvgIpc) is 3.43. The molecule has 0 radical (unpaired) electrons. The number of piperazine rings is 1. The van der Waals surface area contributed by atoms with E-state index in [4.69, 9.17) is 9.15 Å². The van der Waals surface area contributed by atoms with Crippen molar-refractivity contribution in [2.24, 2.45) is 0 Å². The van der Waals surface area contributed by atoms with Gasteiger partial charge >= 0.3 is 0 Å². The number of methoxy groups -OCH3 is 1. The summed E-state index contributed by atoms with van der Waals surface area (Å²) in [6.07, 6.45) is 2.66. The number of ether oxygens (including phenoxy) is 1. The van der Waals surface area contributed by atoms with E-state index in [9.17, 15) is 4.79 Å². The fraction of sp³-hybridized carbons (Fsp3) is 0.346. The molecule has 3 heterocycles. The number of hydrogen-bond donors (Lipinski definition) is 0. The summed E-state index contributed by atoms with van der Waals surface area (Å²) in [6.45, 7) is 5.79. The summed E-state index contributed by atoms with van der Waals surface area (Å²) < 4.78 is 11.1. The predicted octanol–water partition coefficient (Wildman–Crippen LogP) is 4.20. The Morgan fingerprint density at radius 1 is 1.06 bits per heavy atom. The second-order valence-electron chi connectivity index (χ2n) is 8.55. The molecule has 0 saturated carbocycles. The Kier molecular flexibility index (Phi) is 5.52. The number of rotatable bonds is 5. The first-order valence-corrected chi connectivity index (χ1v) is 11.2. The highest BCUT2D eigenvalue weighted by Gasteiger charge is 2.30. The van der Waals surface area contributed by atoms with Gasteiger partial charge in [0.15, 0.2) is 0 Å². The zero-order valence-electron chi connectivity index (χ0n) is 18.7. The van der Waals surface area contributed by atoms with Gasteiger partial charge in [0.1, 0.15) is 11.5 Å². The third-order valence-corrected chi connectivity index (χ3v) is 6.62. The molecule has 0 bridgehead atoms. The minimum Gasteiger partial charge on any atom is -0.497 e. The summed E-state index contributed by atoms with van der Waals surface area (Å²) in [6, 6.07) is 18.8. The molecule has 1 amide bonds. The first-order chi connectivity index (χ1) is 15.6. The Hall–Kier alpha value is -3.41. The van der Waals surface area contributed by atoms with E-state index in [0.29, 0.717) is 31.2 Å². The zero-order chi connectivity index (χ0) is 22.1. The summed E-state index contributed by atoms with van der Waals surface area (Å²) in [5.41, 5.74) is 4.40. The Bertz CT molecular complexity index is 1100. The third-order valence-electron chi connectivity index (χ3n) is 6.62. The van der Waals surface area contributed by atoms with Crippen molar-refractivity contribution in [1.82, 2.24) is 4.90 Å². The number of anilines is 2. The summed E-state index contributed by atoms with van der Waals surface area (Å²) in [5, 5.41) is 0. The second kappa shape index (κ2) is 8.61. The predicted molar refractivity (Wildman–Crippen MR) is 126 cm³/mol. The van der Waals surface area contributed by atoms with Gasteiger partial charge in [-0.05, 0) is 43.2 Å². The fourth-order valence-electron chi connectivity index (χ4n) is 4.82. The van der Waals surface area contributed by atoms with Gasteiger partial charge in [-0.1, -0.05) is 24.3 Å². The van der Waals surface area contributed by atoms with Crippen molar-refractivity contribution in [3.8, 4) is 5.75 Å². The van der Waals surface area contributed by atoms with E-state index in [1.807, 2.05) is 29.2 Å². The van der Waals surface area contributed by atoms with Crippen molar-refractivity contribution < 1.29 is 13.9 Å². The maximum Gasteiger partial charge on any atom is 0.257 e. The van der Waals surface area contributed by atoms with Crippen molar-refractivity contribution in [2.75, 3.05) is 43.1 Å². The first kappa shape index (κ1) is 20.5. The van der Waals surface area contributed by atoms with Crippen molar-refractivity contribution in [2.45, 2.75) is 25.9 Å². The van der Waals surface area contributed by atoms with Crippen molar-refractivity contribution in [3.05, 3.63) is 77.7 Å². The van der Waals surface area contributed by atoms with E-state index < -0.39 is 0 Å². The molecule has 2 aliphatic heterocycles. The molecule has 6 nitrogen and oxygen atoms in total. The Balaban J connectivity index is 1.26. The molecule has 6 heteroatoms. The highest BCUT2D eigenvalue weighted by molar-refractivity contribution is 5.95. The number of carbonyl (C=O) groups excluding carboxylic acids is 1. The fourth-order valence-corrected chi connectivity index (χ4v) is 4.82. The maximum atomic E-state index is 13.3. The van der Waals surface area contributed by atoms with Crippen molar-refractivity contribution in [3.63, 3.8) is 0 Å². The monoisotopic (exact) mass is 431 g/mol. The molecule has 1 saturated heterocycles. The van der Waals surface area contributed by atoms with Gasteiger partial charge in [-0.25, -0.2) is 0 Å². The molecule has 1 unspecified atom stereocenters. The topological polar surface area (TPSA) is 49.2 Å². The van der Waals surface area contributed by atoms with Crippen LogP contribution in [0.4, 0.5) is 11.4 Å². The molecule has 1 atom stereocenters. The molecule has 2 aromatic carbocycles. The number of carbonyl (C=O) groups is 1. The number of amides is 1. The molecule has 166 valence electrons. The highest BCUT2D eigenvalue weighted by atomic mass is 16.5. The summed E-state index contributed by atoms with van der Waals surface area (Å²) in [4.78, 5) is 19.9. The van der Waals surface area contributed by atoms with Crippen LogP contribution in [0.25, 0.3) is 0 Å². The molecule has 5 rings (SSSR count). The Labute approximate surface area is 189 Å². The number of fused-ring (bicyclic) bond motifs is 1. The number of furan rings is 1. The van der Waals surface area contributed by atoms with Gasteiger partial charge in [0.2, 0.25) is 0 Å². The molecular weight excluding hydrogens is 402 g/mol. The molecule has 0 spiro atoms. The number of para-hydroxylation sites is 1. The second-order valence-corrected chi connectivity index (χ2v) is 8.55. The van der Waals surface area contributed by atoms with Crippen LogP contribution in [0, 0.1) is 0 Å². The Morgan fingerprint density at radius 2 is 1.88 bits per heavy atom. The van der Waals surface area contributed by atoms with E-state index in [1.165, 1.54) is 11.3 Å².